The third-order valence-electron chi connectivity index (χ3n) is 2.85. The molecular formula is C10H21N3O2. The smallest absolute Gasteiger partial charge is 0.233 e. The zero-order valence-corrected chi connectivity index (χ0v) is 9.11. The molecule has 0 aromatic rings. The number of likely N-dealkylation sites (tertiary alicyclic amines) is 1. The zero-order valence-electron chi connectivity index (χ0n) is 9.11. The molecule has 1 aliphatic rings. The van der Waals surface area contributed by atoms with E-state index in [-0.39, 0.29) is 12.0 Å². The van der Waals surface area contributed by atoms with Crippen molar-refractivity contribution in [2.45, 2.75) is 38.2 Å². The molecule has 15 heavy (non-hydrogen) atoms. The molecule has 0 aromatic heterocycles. The van der Waals surface area contributed by atoms with Crippen LogP contribution >= 0.6 is 0 Å². The van der Waals surface area contributed by atoms with E-state index in [2.05, 4.69) is 10.3 Å². The van der Waals surface area contributed by atoms with Gasteiger partial charge in [0, 0.05) is 19.5 Å². The topological polar surface area (TPSA) is 78.6 Å². The predicted octanol–water partition coefficient (Wildman–Crippen LogP) is -0.397. The van der Waals surface area contributed by atoms with Crippen LogP contribution in [0.4, 0.5) is 0 Å². The Balaban J connectivity index is 1.98. The van der Waals surface area contributed by atoms with Crippen molar-refractivity contribution < 1.29 is 9.90 Å². The van der Waals surface area contributed by atoms with Crippen LogP contribution in [0, 0.1) is 0 Å². The summed E-state index contributed by atoms with van der Waals surface area (Å²) in [5.41, 5.74) is 2.12. The van der Waals surface area contributed by atoms with Gasteiger partial charge in [-0.3, -0.25) is 10.2 Å². The number of carbonyl (C=O) groups is 1. The number of nitrogens with one attached hydrogen (secondary N) is 1. The third-order valence-corrected chi connectivity index (χ3v) is 2.85. The maximum atomic E-state index is 10.8. The summed E-state index contributed by atoms with van der Waals surface area (Å²) in [7, 11) is 0. The van der Waals surface area contributed by atoms with Crippen molar-refractivity contribution in [1.29, 1.82) is 0 Å². The van der Waals surface area contributed by atoms with Crippen LogP contribution < -0.4 is 11.3 Å². The normalized spacial score (nSPS) is 19.1. The monoisotopic (exact) mass is 215 g/mol. The number of carbonyl (C=O) groups excluding carboxylic acids is 1. The highest BCUT2D eigenvalue weighted by atomic mass is 16.3. The molecule has 5 heteroatoms. The number of hydrogen-bond acceptors (Lipinski definition) is 4. The quantitative estimate of drug-likeness (QED) is 0.252. The van der Waals surface area contributed by atoms with E-state index in [9.17, 15) is 9.90 Å². The molecule has 1 rings (SSSR count). The molecule has 1 aliphatic heterocycles. The molecule has 0 aliphatic carbocycles. The highest BCUT2D eigenvalue weighted by Gasteiger charge is 2.15. The summed E-state index contributed by atoms with van der Waals surface area (Å²) in [6.07, 6.45) is 4.05. The van der Waals surface area contributed by atoms with Gasteiger partial charge in [0.1, 0.15) is 0 Å². The van der Waals surface area contributed by atoms with Gasteiger partial charge in [-0.1, -0.05) is 0 Å². The molecule has 88 valence electrons. The summed E-state index contributed by atoms with van der Waals surface area (Å²) in [6.45, 7) is 2.97. The number of piperidine rings is 1. The van der Waals surface area contributed by atoms with Crippen molar-refractivity contribution in [3.8, 4) is 0 Å². The lowest BCUT2D eigenvalue weighted by Crippen LogP contribution is -2.36. The molecule has 0 bridgehead atoms. The maximum Gasteiger partial charge on any atom is 0.233 e. The van der Waals surface area contributed by atoms with Crippen LogP contribution in [0.15, 0.2) is 0 Å². The zero-order chi connectivity index (χ0) is 11.1. The van der Waals surface area contributed by atoms with Gasteiger partial charge in [-0.2, -0.15) is 0 Å². The number of aliphatic hydroxyl groups is 1. The first-order valence-electron chi connectivity index (χ1n) is 5.62. The minimum absolute atomic E-state index is 0.0935. The number of rotatable bonds is 5. The van der Waals surface area contributed by atoms with Gasteiger partial charge in [0.25, 0.3) is 0 Å². The van der Waals surface area contributed by atoms with E-state index in [0.29, 0.717) is 6.42 Å². The van der Waals surface area contributed by atoms with Crippen molar-refractivity contribution in [2.24, 2.45) is 5.84 Å². The van der Waals surface area contributed by atoms with Gasteiger partial charge in [-0.15, -0.1) is 0 Å². The molecule has 1 heterocycles. The van der Waals surface area contributed by atoms with Crippen molar-refractivity contribution in [1.82, 2.24) is 10.3 Å². The highest BCUT2D eigenvalue weighted by Crippen LogP contribution is 2.10. The molecule has 0 spiro atoms. The van der Waals surface area contributed by atoms with Crippen LogP contribution in [0.1, 0.15) is 32.1 Å². The second kappa shape index (κ2) is 6.76. The van der Waals surface area contributed by atoms with Gasteiger partial charge in [-0.25, -0.2) is 5.84 Å². The van der Waals surface area contributed by atoms with E-state index in [1.807, 2.05) is 0 Å². The molecule has 5 nitrogen and oxygen atoms in total. The van der Waals surface area contributed by atoms with E-state index < -0.39 is 0 Å². The summed E-state index contributed by atoms with van der Waals surface area (Å²) in [5, 5.41) is 9.31. The summed E-state index contributed by atoms with van der Waals surface area (Å²) < 4.78 is 0. The number of aliphatic hydroxyl groups excluding tert-OH is 1. The number of unbranched alkanes of at least 4 members (excludes halogenated alkanes) is 1. The Morgan fingerprint density at radius 2 is 2.07 bits per heavy atom. The minimum atomic E-state index is -0.107. The van der Waals surface area contributed by atoms with Crippen LogP contribution in [0.5, 0.6) is 0 Å². The van der Waals surface area contributed by atoms with Crippen LogP contribution in [0.3, 0.4) is 0 Å². The van der Waals surface area contributed by atoms with Crippen LogP contribution in [-0.4, -0.2) is 41.7 Å². The van der Waals surface area contributed by atoms with Crippen molar-refractivity contribution in [3.63, 3.8) is 0 Å². The van der Waals surface area contributed by atoms with Gasteiger partial charge in [0.05, 0.1) is 6.10 Å². The number of nitrogens with two attached hydrogens (primary N) is 1. The van der Waals surface area contributed by atoms with E-state index in [4.69, 9.17) is 5.84 Å². The Labute approximate surface area is 90.6 Å². The Morgan fingerprint density at radius 3 is 2.67 bits per heavy atom. The lowest BCUT2D eigenvalue weighted by molar-refractivity contribution is -0.121. The van der Waals surface area contributed by atoms with Gasteiger partial charge >= 0.3 is 0 Å². The van der Waals surface area contributed by atoms with Gasteiger partial charge in [0.2, 0.25) is 5.91 Å². The first-order chi connectivity index (χ1) is 7.22. The predicted molar refractivity (Wildman–Crippen MR) is 57.9 cm³/mol. The van der Waals surface area contributed by atoms with E-state index in [0.717, 1.165) is 45.3 Å². The molecule has 0 radical (unpaired) electrons. The molecular weight excluding hydrogens is 194 g/mol. The Hall–Kier alpha value is -0.650. The van der Waals surface area contributed by atoms with Crippen molar-refractivity contribution in [2.75, 3.05) is 19.6 Å². The SMILES string of the molecule is NNC(=O)CCCCN1CCC(O)CC1. The summed E-state index contributed by atoms with van der Waals surface area (Å²) in [4.78, 5) is 13.2. The largest absolute Gasteiger partial charge is 0.393 e. The maximum absolute atomic E-state index is 10.8. The summed E-state index contributed by atoms with van der Waals surface area (Å²) >= 11 is 0. The first-order valence-corrected chi connectivity index (χ1v) is 5.62. The van der Waals surface area contributed by atoms with E-state index in [1.54, 1.807) is 0 Å². The molecule has 1 fully saturated rings. The molecule has 1 amide bonds. The lowest BCUT2D eigenvalue weighted by Gasteiger charge is -2.29. The van der Waals surface area contributed by atoms with Crippen LogP contribution in [0.25, 0.3) is 0 Å². The molecule has 4 N–H and O–H groups in total. The molecule has 1 saturated heterocycles. The van der Waals surface area contributed by atoms with E-state index in [1.165, 1.54) is 0 Å². The van der Waals surface area contributed by atoms with Crippen LogP contribution in [-0.2, 0) is 4.79 Å². The van der Waals surface area contributed by atoms with Gasteiger partial charge in [0.15, 0.2) is 0 Å². The lowest BCUT2D eigenvalue weighted by atomic mass is 10.1. The molecule has 0 aromatic carbocycles. The summed E-state index contributed by atoms with van der Waals surface area (Å²) in [5.74, 6) is 4.88. The summed E-state index contributed by atoms with van der Waals surface area (Å²) in [6, 6.07) is 0. The second-order valence-corrected chi connectivity index (χ2v) is 4.10. The number of hydrogen-bond donors (Lipinski definition) is 3. The fourth-order valence-electron chi connectivity index (χ4n) is 1.84. The molecule has 0 unspecified atom stereocenters. The van der Waals surface area contributed by atoms with Gasteiger partial charge < -0.3 is 10.0 Å². The van der Waals surface area contributed by atoms with Crippen molar-refractivity contribution >= 4 is 5.91 Å². The first kappa shape index (κ1) is 12.4. The average molecular weight is 215 g/mol. The highest BCUT2D eigenvalue weighted by molar-refractivity contribution is 5.75. The number of amides is 1. The Kier molecular flexibility index (Phi) is 5.60. The molecule has 0 atom stereocenters. The third kappa shape index (κ3) is 5.11. The minimum Gasteiger partial charge on any atom is -0.393 e. The number of hydrazine groups is 1. The fraction of sp³-hybridized carbons (Fsp3) is 0.900. The number of nitrogens with zero attached hydrogens (tertiary/aromatic N) is 1. The van der Waals surface area contributed by atoms with E-state index >= 15 is 0 Å². The molecule has 0 saturated carbocycles. The van der Waals surface area contributed by atoms with Crippen LogP contribution in [0.2, 0.25) is 0 Å². The van der Waals surface area contributed by atoms with Crippen molar-refractivity contribution in [3.05, 3.63) is 0 Å². The fourth-order valence-corrected chi connectivity index (χ4v) is 1.84. The Bertz CT molecular complexity index is 191. The standard InChI is InChI=1S/C10H21N3O2/c11-12-10(15)3-1-2-6-13-7-4-9(14)5-8-13/h9,14H,1-8,11H2,(H,12,15). The van der Waals surface area contributed by atoms with Gasteiger partial charge in [-0.05, 0) is 32.2 Å². The Morgan fingerprint density at radius 1 is 1.40 bits per heavy atom. The second-order valence-electron chi connectivity index (χ2n) is 4.10. The average Bonchev–Trinajstić information content (AvgIpc) is 2.26.